The molecule has 0 aliphatic heterocycles. The Morgan fingerprint density at radius 1 is 1.35 bits per heavy atom. The van der Waals surface area contributed by atoms with Gasteiger partial charge in [-0.3, -0.25) is 0 Å². The molecule has 4 nitrogen and oxygen atoms in total. The van der Waals surface area contributed by atoms with E-state index in [2.05, 4.69) is 17.6 Å². The summed E-state index contributed by atoms with van der Waals surface area (Å²) < 4.78 is 5.43. The molecule has 0 radical (unpaired) electrons. The highest BCUT2D eigenvalue weighted by Gasteiger charge is 1.98. The number of thiocyanates is 1. The summed E-state index contributed by atoms with van der Waals surface area (Å²) in [6.07, 6.45) is 2.24. The molecule has 0 bridgehead atoms. The highest BCUT2D eigenvalue weighted by molar-refractivity contribution is 8.03. The molecule has 2 N–H and O–H groups in total. The number of nitrogens with one attached hydrogen (secondary N) is 2. The molecule has 0 spiro atoms. The number of nitrogens with zero attached hydrogens (tertiary/aromatic N) is 1. The van der Waals surface area contributed by atoms with Crippen LogP contribution in [0.2, 0.25) is 0 Å². The topological polar surface area (TPSA) is 57.1 Å². The van der Waals surface area contributed by atoms with Gasteiger partial charge in [-0.1, -0.05) is 13.3 Å². The number of ether oxygens (including phenoxy) is 1. The third kappa shape index (κ3) is 7.34. The monoisotopic (exact) mass is 309 g/mol. The maximum atomic E-state index is 8.56. The fraction of sp³-hybridized carbons (Fsp3) is 0.429. The Morgan fingerprint density at radius 2 is 2.10 bits per heavy atom. The summed E-state index contributed by atoms with van der Waals surface area (Å²) in [5.41, 5.74) is 0.900. The summed E-state index contributed by atoms with van der Waals surface area (Å²) in [4.78, 5) is 0.918. The maximum absolute atomic E-state index is 8.56. The average Bonchev–Trinajstić information content (AvgIpc) is 2.45. The molecule has 0 unspecified atom stereocenters. The first-order valence-corrected chi connectivity index (χ1v) is 7.77. The standard InChI is InChI=1S/C14H19N3OS2/c1-2-3-9-18-10-8-16-14(19)17-12-4-6-13(7-5-12)20-11-15/h4-7H,2-3,8-10H2,1H3,(H2,16,17,19). The number of anilines is 1. The zero-order valence-corrected chi connectivity index (χ0v) is 13.1. The minimum absolute atomic E-state index is 0.574. The Bertz CT molecular complexity index is 443. The van der Waals surface area contributed by atoms with Crippen LogP contribution in [0.1, 0.15) is 19.8 Å². The van der Waals surface area contributed by atoms with E-state index < -0.39 is 0 Å². The predicted octanol–water partition coefficient (Wildman–Crippen LogP) is 3.36. The van der Waals surface area contributed by atoms with E-state index in [1.807, 2.05) is 29.7 Å². The van der Waals surface area contributed by atoms with Crippen LogP contribution in [0.4, 0.5) is 5.69 Å². The molecular formula is C14H19N3OS2. The molecule has 0 aliphatic carbocycles. The van der Waals surface area contributed by atoms with Crippen molar-refractivity contribution in [2.75, 3.05) is 25.1 Å². The minimum atomic E-state index is 0.574. The Balaban J connectivity index is 2.20. The molecule has 0 saturated carbocycles. The van der Waals surface area contributed by atoms with Crippen molar-refractivity contribution in [1.29, 1.82) is 5.26 Å². The Morgan fingerprint density at radius 3 is 2.75 bits per heavy atom. The number of unbranched alkanes of at least 4 members (excludes halogenated alkanes) is 1. The molecule has 0 atom stereocenters. The van der Waals surface area contributed by atoms with Crippen LogP contribution in [-0.2, 0) is 4.74 Å². The summed E-state index contributed by atoms with van der Waals surface area (Å²) >= 11 is 6.32. The number of benzene rings is 1. The van der Waals surface area contributed by atoms with Gasteiger partial charge < -0.3 is 15.4 Å². The second-order valence-electron chi connectivity index (χ2n) is 4.06. The molecule has 6 heteroatoms. The third-order valence-corrected chi connectivity index (χ3v) is 3.30. The number of nitriles is 1. The molecule has 1 aromatic carbocycles. The van der Waals surface area contributed by atoms with Crippen molar-refractivity contribution < 1.29 is 4.74 Å². The highest BCUT2D eigenvalue weighted by Crippen LogP contribution is 2.18. The number of hydrogen-bond acceptors (Lipinski definition) is 4. The van der Waals surface area contributed by atoms with Gasteiger partial charge in [-0.15, -0.1) is 0 Å². The number of thioether (sulfide) groups is 1. The fourth-order valence-corrected chi connectivity index (χ4v) is 2.02. The molecule has 0 saturated heterocycles. The number of rotatable bonds is 8. The summed E-state index contributed by atoms with van der Waals surface area (Å²) in [5.74, 6) is 0. The average molecular weight is 309 g/mol. The van der Waals surface area contributed by atoms with Crippen molar-refractivity contribution in [3.05, 3.63) is 24.3 Å². The van der Waals surface area contributed by atoms with Gasteiger partial charge in [0.05, 0.1) is 6.61 Å². The van der Waals surface area contributed by atoms with E-state index in [1.165, 1.54) is 0 Å². The van der Waals surface area contributed by atoms with Crippen LogP contribution in [0.5, 0.6) is 0 Å². The molecule has 20 heavy (non-hydrogen) atoms. The van der Waals surface area contributed by atoms with Gasteiger partial charge in [0, 0.05) is 23.7 Å². The number of hydrogen-bond donors (Lipinski definition) is 2. The van der Waals surface area contributed by atoms with Crippen LogP contribution in [0.3, 0.4) is 0 Å². The lowest BCUT2D eigenvalue weighted by molar-refractivity contribution is 0.136. The quantitative estimate of drug-likeness (QED) is 0.332. The van der Waals surface area contributed by atoms with Gasteiger partial charge in [0.15, 0.2) is 5.11 Å². The van der Waals surface area contributed by atoms with Gasteiger partial charge in [-0.2, -0.15) is 5.26 Å². The third-order valence-electron chi connectivity index (χ3n) is 2.45. The van der Waals surface area contributed by atoms with Crippen LogP contribution in [0, 0.1) is 10.7 Å². The molecule has 0 heterocycles. The lowest BCUT2D eigenvalue weighted by Gasteiger charge is -2.10. The molecule has 108 valence electrons. The fourth-order valence-electron chi connectivity index (χ4n) is 1.42. The number of thiocarbonyl (C=S) groups is 1. The first-order chi connectivity index (χ1) is 9.76. The van der Waals surface area contributed by atoms with Crippen molar-refractivity contribution in [2.45, 2.75) is 24.7 Å². The summed E-state index contributed by atoms with van der Waals surface area (Å²) in [6.45, 7) is 4.29. The first kappa shape index (κ1) is 16.8. The van der Waals surface area contributed by atoms with Gasteiger partial charge in [0.25, 0.3) is 0 Å². The molecule has 0 fully saturated rings. The molecule has 0 amide bonds. The van der Waals surface area contributed by atoms with E-state index in [9.17, 15) is 0 Å². The minimum Gasteiger partial charge on any atom is -0.380 e. The predicted molar refractivity (Wildman–Crippen MR) is 87.9 cm³/mol. The van der Waals surface area contributed by atoms with Gasteiger partial charge in [0.2, 0.25) is 0 Å². The normalized spacial score (nSPS) is 9.80. The van der Waals surface area contributed by atoms with E-state index in [-0.39, 0.29) is 0 Å². The Kier molecular flexibility index (Phi) is 8.79. The van der Waals surface area contributed by atoms with Crippen LogP contribution in [-0.4, -0.2) is 24.9 Å². The van der Waals surface area contributed by atoms with Crippen molar-refractivity contribution in [1.82, 2.24) is 5.32 Å². The largest absolute Gasteiger partial charge is 0.380 e. The van der Waals surface area contributed by atoms with Gasteiger partial charge in [0.1, 0.15) is 5.40 Å². The van der Waals surface area contributed by atoms with Crippen molar-refractivity contribution in [3.8, 4) is 5.40 Å². The highest BCUT2D eigenvalue weighted by atomic mass is 32.2. The van der Waals surface area contributed by atoms with Crippen molar-refractivity contribution in [3.63, 3.8) is 0 Å². The molecule has 0 aromatic heterocycles. The van der Waals surface area contributed by atoms with Gasteiger partial charge in [-0.25, -0.2) is 0 Å². The van der Waals surface area contributed by atoms with E-state index in [0.29, 0.717) is 18.3 Å². The zero-order chi connectivity index (χ0) is 14.6. The maximum Gasteiger partial charge on any atom is 0.170 e. The lowest BCUT2D eigenvalue weighted by atomic mass is 10.3. The molecular weight excluding hydrogens is 290 g/mol. The van der Waals surface area contributed by atoms with Crippen LogP contribution >= 0.6 is 24.0 Å². The van der Waals surface area contributed by atoms with Crippen LogP contribution in [0.15, 0.2) is 29.2 Å². The Labute approximate surface area is 129 Å². The zero-order valence-electron chi connectivity index (χ0n) is 11.5. The Hall–Kier alpha value is -1.29. The smallest absolute Gasteiger partial charge is 0.170 e. The second-order valence-corrected chi connectivity index (χ2v) is 5.33. The van der Waals surface area contributed by atoms with Gasteiger partial charge in [-0.05, 0) is 54.7 Å². The lowest BCUT2D eigenvalue weighted by Crippen LogP contribution is -2.31. The second kappa shape index (κ2) is 10.5. The van der Waals surface area contributed by atoms with E-state index in [1.54, 1.807) is 0 Å². The summed E-state index contributed by atoms with van der Waals surface area (Å²) in [6, 6.07) is 7.55. The molecule has 1 rings (SSSR count). The van der Waals surface area contributed by atoms with E-state index in [4.69, 9.17) is 22.2 Å². The van der Waals surface area contributed by atoms with E-state index >= 15 is 0 Å². The van der Waals surface area contributed by atoms with Gasteiger partial charge >= 0.3 is 0 Å². The first-order valence-electron chi connectivity index (χ1n) is 6.55. The SMILES string of the molecule is CCCCOCCNC(=S)Nc1ccc(SC#N)cc1. The summed E-state index contributed by atoms with van der Waals surface area (Å²) in [5, 5.41) is 17.3. The van der Waals surface area contributed by atoms with Crippen molar-refractivity contribution >= 4 is 34.8 Å². The molecule has 0 aliphatic rings. The summed E-state index contributed by atoms with van der Waals surface area (Å²) in [7, 11) is 0. The van der Waals surface area contributed by atoms with Crippen molar-refractivity contribution in [2.24, 2.45) is 0 Å². The van der Waals surface area contributed by atoms with E-state index in [0.717, 1.165) is 41.8 Å². The van der Waals surface area contributed by atoms with Crippen LogP contribution < -0.4 is 10.6 Å². The molecule has 1 aromatic rings. The van der Waals surface area contributed by atoms with Crippen LogP contribution in [0.25, 0.3) is 0 Å².